The lowest BCUT2D eigenvalue weighted by molar-refractivity contribution is -0.121. The molecule has 0 heterocycles. The van der Waals surface area contributed by atoms with Gasteiger partial charge < -0.3 is 10.6 Å². The van der Waals surface area contributed by atoms with Gasteiger partial charge in [0.25, 0.3) is 0 Å². The first-order valence-corrected chi connectivity index (χ1v) is 8.22. The van der Waals surface area contributed by atoms with Crippen molar-refractivity contribution in [2.75, 3.05) is 5.32 Å². The standard InChI is InChI=1S/C14H18Cl4N2O/c1-2-3-4-8-12(21)20-13(14(16,17)18)19-11-7-5-6-10(15)9-11/h5-7,9,13,19H,2-4,8H2,1H3,(H,20,21)/t13-/m0/s1. The normalized spacial score (nSPS) is 12.8. The maximum atomic E-state index is 11.9. The van der Waals surface area contributed by atoms with E-state index in [-0.39, 0.29) is 5.91 Å². The first kappa shape index (κ1) is 18.7. The SMILES string of the molecule is CCCCCC(=O)N[C@H](Nc1cccc(Cl)c1)C(Cl)(Cl)Cl. The lowest BCUT2D eigenvalue weighted by Gasteiger charge is -2.27. The Balaban J connectivity index is 2.66. The predicted octanol–water partition coefficient (Wildman–Crippen LogP) is 5.14. The number of amides is 1. The minimum atomic E-state index is -1.68. The molecule has 1 amide bonds. The number of unbranched alkanes of at least 4 members (excludes halogenated alkanes) is 2. The van der Waals surface area contributed by atoms with E-state index in [0.29, 0.717) is 17.1 Å². The highest BCUT2D eigenvalue weighted by atomic mass is 35.6. The molecule has 0 saturated carbocycles. The van der Waals surface area contributed by atoms with Gasteiger partial charge in [0, 0.05) is 17.1 Å². The molecule has 1 aromatic rings. The zero-order chi connectivity index (χ0) is 15.9. The van der Waals surface area contributed by atoms with Gasteiger partial charge in [-0.05, 0) is 24.6 Å². The van der Waals surface area contributed by atoms with Gasteiger partial charge in [0.05, 0.1) is 0 Å². The fourth-order valence-electron chi connectivity index (χ4n) is 1.71. The molecule has 0 fully saturated rings. The highest BCUT2D eigenvalue weighted by Crippen LogP contribution is 2.31. The van der Waals surface area contributed by atoms with E-state index in [1.807, 2.05) is 0 Å². The van der Waals surface area contributed by atoms with Crippen LogP contribution in [0.3, 0.4) is 0 Å². The average Bonchev–Trinajstić information content (AvgIpc) is 2.37. The van der Waals surface area contributed by atoms with Gasteiger partial charge in [0.15, 0.2) is 0 Å². The predicted molar refractivity (Wildman–Crippen MR) is 91.4 cm³/mol. The van der Waals surface area contributed by atoms with Crippen LogP contribution >= 0.6 is 46.4 Å². The molecule has 1 atom stereocenters. The molecule has 7 heteroatoms. The summed E-state index contributed by atoms with van der Waals surface area (Å²) in [7, 11) is 0. The summed E-state index contributed by atoms with van der Waals surface area (Å²) in [6.07, 6.45) is 2.42. The maximum absolute atomic E-state index is 11.9. The van der Waals surface area contributed by atoms with Gasteiger partial charge in [0.2, 0.25) is 9.70 Å². The van der Waals surface area contributed by atoms with Crippen molar-refractivity contribution in [1.82, 2.24) is 5.32 Å². The van der Waals surface area contributed by atoms with Gasteiger partial charge in [-0.2, -0.15) is 0 Å². The van der Waals surface area contributed by atoms with E-state index in [9.17, 15) is 4.79 Å². The van der Waals surface area contributed by atoms with Crippen LogP contribution in [-0.4, -0.2) is 15.9 Å². The van der Waals surface area contributed by atoms with Crippen LogP contribution in [0.25, 0.3) is 0 Å². The summed E-state index contributed by atoms with van der Waals surface area (Å²) < 4.78 is -1.68. The molecule has 0 spiro atoms. The minimum Gasteiger partial charge on any atom is -0.362 e. The number of rotatable bonds is 7. The Labute approximate surface area is 145 Å². The number of alkyl halides is 3. The molecule has 1 aromatic carbocycles. The molecule has 0 saturated heterocycles. The molecule has 3 nitrogen and oxygen atoms in total. The van der Waals surface area contributed by atoms with E-state index in [1.165, 1.54) is 0 Å². The third-order valence-corrected chi connectivity index (χ3v) is 3.67. The van der Waals surface area contributed by atoms with Crippen molar-refractivity contribution in [3.63, 3.8) is 0 Å². The highest BCUT2D eigenvalue weighted by molar-refractivity contribution is 6.68. The Morgan fingerprint density at radius 3 is 2.57 bits per heavy atom. The van der Waals surface area contributed by atoms with Crippen molar-refractivity contribution in [3.8, 4) is 0 Å². The molecule has 0 aromatic heterocycles. The maximum Gasteiger partial charge on any atom is 0.228 e. The molecule has 2 N–H and O–H groups in total. The van der Waals surface area contributed by atoms with E-state index >= 15 is 0 Å². The first-order valence-electron chi connectivity index (χ1n) is 6.71. The van der Waals surface area contributed by atoms with Gasteiger partial charge in [0.1, 0.15) is 6.17 Å². The number of hydrogen-bond donors (Lipinski definition) is 2. The van der Waals surface area contributed by atoms with Crippen molar-refractivity contribution in [3.05, 3.63) is 29.3 Å². The Morgan fingerprint density at radius 2 is 2.00 bits per heavy atom. The monoisotopic (exact) mass is 370 g/mol. The van der Waals surface area contributed by atoms with Gasteiger partial charge in [-0.15, -0.1) is 0 Å². The summed E-state index contributed by atoms with van der Waals surface area (Å²) in [5.74, 6) is -0.158. The van der Waals surface area contributed by atoms with E-state index in [1.54, 1.807) is 24.3 Å². The highest BCUT2D eigenvalue weighted by Gasteiger charge is 2.33. The number of nitrogens with one attached hydrogen (secondary N) is 2. The molecule has 118 valence electrons. The largest absolute Gasteiger partial charge is 0.362 e. The molecule has 0 radical (unpaired) electrons. The summed E-state index contributed by atoms with van der Waals surface area (Å²) in [6, 6.07) is 6.97. The summed E-state index contributed by atoms with van der Waals surface area (Å²) >= 11 is 23.7. The van der Waals surface area contributed by atoms with Crippen molar-refractivity contribution >= 4 is 58.0 Å². The van der Waals surface area contributed by atoms with E-state index in [4.69, 9.17) is 46.4 Å². The second kappa shape index (κ2) is 8.94. The third kappa shape index (κ3) is 7.46. The number of halogens is 4. The van der Waals surface area contributed by atoms with Crippen molar-refractivity contribution < 1.29 is 4.79 Å². The number of carbonyl (C=O) groups excluding carboxylic acids is 1. The number of hydrogen-bond acceptors (Lipinski definition) is 2. The molecule has 1 rings (SSSR count). The van der Waals surface area contributed by atoms with Crippen LogP contribution < -0.4 is 10.6 Å². The second-order valence-corrected chi connectivity index (χ2v) is 7.46. The number of anilines is 1. The lowest BCUT2D eigenvalue weighted by Crippen LogP contribution is -2.49. The van der Waals surface area contributed by atoms with Crippen molar-refractivity contribution in [2.24, 2.45) is 0 Å². The van der Waals surface area contributed by atoms with Gasteiger partial charge in [-0.1, -0.05) is 72.2 Å². The Hall–Kier alpha value is -0.350. The van der Waals surface area contributed by atoms with Gasteiger partial charge >= 0.3 is 0 Å². The van der Waals surface area contributed by atoms with Crippen LogP contribution in [-0.2, 0) is 4.79 Å². The summed E-state index contributed by atoms with van der Waals surface area (Å²) in [6.45, 7) is 2.07. The fraction of sp³-hybridized carbons (Fsp3) is 0.500. The number of carbonyl (C=O) groups is 1. The quantitative estimate of drug-likeness (QED) is 0.395. The zero-order valence-electron chi connectivity index (χ0n) is 11.6. The molecule has 0 aliphatic heterocycles. The summed E-state index contributed by atoms with van der Waals surface area (Å²) in [5, 5.41) is 6.22. The average molecular weight is 372 g/mol. The topological polar surface area (TPSA) is 41.1 Å². The Morgan fingerprint density at radius 1 is 1.29 bits per heavy atom. The van der Waals surface area contributed by atoms with Crippen LogP contribution in [0.2, 0.25) is 5.02 Å². The van der Waals surface area contributed by atoms with E-state index < -0.39 is 9.96 Å². The molecule has 0 aliphatic carbocycles. The minimum absolute atomic E-state index is 0.158. The van der Waals surface area contributed by atoms with Gasteiger partial charge in [-0.25, -0.2) is 0 Å². The molecular formula is C14H18Cl4N2O. The zero-order valence-corrected chi connectivity index (χ0v) is 14.7. The van der Waals surface area contributed by atoms with Gasteiger partial charge in [-0.3, -0.25) is 4.79 Å². The molecular weight excluding hydrogens is 354 g/mol. The van der Waals surface area contributed by atoms with Crippen molar-refractivity contribution in [1.29, 1.82) is 0 Å². The first-order chi connectivity index (χ1) is 9.82. The molecule has 0 unspecified atom stereocenters. The lowest BCUT2D eigenvalue weighted by atomic mass is 10.2. The van der Waals surface area contributed by atoms with Crippen LogP contribution in [0.1, 0.15) is 32.6 Å². The van der Waals surface area contributed by atoms with Crippen LogP contribution in [0, 0.1) is 0 Å². The Kier molecular flexibility index (Phi) is 7.96. The van der Waals surface area contributed by atoms with Crippen LogP contribution in [0.5, 0.6) is 0 Å². The fourth-order valence-corrected chi connectivity index (χ4v) is 2.23. The summed E-state index contributed by atoms with van der Waals surface area (Å²) in [5.41, 5.74) is 0.660. The molecule has 0 bridgehead atoms. The third-order valence-electron chi connectivity index (χ3n) is 2.78. The Bertz CT molecular complexity index is 463. The van der Waals surface area contributed by atoms with Crippen LogP contribution in [0.15, 0.2) is 24.3 Å². The second-order valence-electron chi connectivity index (χ2n) is 4.65. The smallest absolute Gasteiger partial charge is 0.228 e. The summed E-state index contributed by atoms with van der Waals surface area (Å²) in [4.78, 5) is 11.9. The van der Waals surface area contributed by atoms with E-state index in [2.05, 4.69) is 17.6 Å². The molecule has 0 aliphatic rings. The van der Waals surface area contributed by atoms with Crippen LogP contribution in [0.4, 0.5) is 5.69 Å². The van der Waals surface area contributed by atoms with E-state index in [0.717, 1.165) is 19.3 Å². The number of benzene rings is 1. The molecule has 21 heavy (non-hydrogen) atoms. The van der Waals surface area contributed by atoms with Crippen molar-refractivity contribution in [2.45, 2.75) is 42.6 Å².